The highest BCUT2D eigenvalue weighted by Crippen LogP contribution is 2.33. The molecule has 0 saturated carbocycles. The van der Waals surface area contributed by atoms with E-state index in [4.69, 9.17) is 17.3 Å². The van der Waals surface area contributed by atoms with Gasteiger partial charge >= 0.3 is 0 Å². The maximum atomic E-state index is 5.87. The number of nitrogens with two attached hydrogens (primary N) is 1. The lowest BCUT2D eigenvalue weighted by atomic mass is 9.88. The fourth-order valence-electron chi connectivity index (χ4n) is 2.60. The molecule has 3 aliphatic heterocycles. The number of hydrogen-bond acceptors (Lipinski definition) is 4. The summed E-state index contributed by atoms with van der Waals surface area (Å²) < 4.78 is 0. The summed E-state index contributed by atoms with van der Waals surface area (Å²) in [6.45, 7) is 2.09. The molecule has 0 spiro atoms. The number of likely N-dealkylation sites (N-methyl/N-ethyl adjacent to an activating group) is 1. The first-order valence-electron chi connectivity index (χ1n) is 5.53. The van der Waals surface area contributed by atoms with Crippen LogP contribution >= 0.6 is 11.6 Å². The van der Waals surface area contributed by atoms with Crippen molar-refractivity contribution in [2.24, 2.45) is 0 Å². The molecule has 1 aromatic heterocycles. The molecule has 5 heteroatoms. The Morgan fingerprint density at radius 3 is 2.69 bits per heavy atom. The highest BCUT2D eigenvalue weighted by atomic mass is 35.5. The van der Waals surface area contributed by atoms with E-state index in [1.807, 2.05) is 6.07 Å². The number of rotatable bonds is 1. The number of nitrogen functional groups attached to an aromatic ring is 1. The highest BCUT2D eigenvalue weighted by molar-refractivity contribution is 6.32. The average molecular weight is 239 g/mol. The Balaban J connectivity index is 1.81. The van der Waals surface area contributed by atoms with Crippen LogP contribution in [0.4, 0.5) is 11.5 Å². The topological polar surface area (TPSA) is 45.4 Å². The number of piperidine rings is 1. The first-order valence-corrected chi connectivity index (χ1v) is 5.91. The van der Waals surface area contributed by atoms with Crippen LogP contribution in [-0.4, -0.2) is 42.1 Å². The van der Waals surface area contributed by atoms with E-state index < -0.39 is 0 Å². The zero-order chi connectivity index (χ0) is 11.3. The number of piperazine rings is 1. The van der Waals surface area contributed by atoms with E-state index in [0.717, 1.165) is 18.9 Å². The van der Waals surface area contributed by atoms with Crippen LogP contribution in [0.3, 0.4) is 0 Å². The summed E-state index contributed by atoms with van der Waals surface area (Å²) in [5, 5.41) is 0.531. The van der Waals surface area contributed by atoms with Gasteiger partial charge in [-0.05, 0) is 13.5 Å². The Labute approximate surface area is 100.0 Å². The molecule has 2 N–H and O–H groups in total. The zero-order valence-corrected chi connectivity index (χ0v) is 9.98. The van der Waals surface area contributed by atoms with Gasteiger partial charge in [0, 0.05) is 37.4 Å². The van der Waals surface area contributed by atoms with E-state index in [1.54, 1.807) is 6.20 Å². The minimum Gasteiger partial charge on any atom is -0.397 e. The molecule has 3 fully saturated rings. The lowest BCUT2D eigenvalue weighted by Gasteiger charge is -2.55. The fourth-order valence-corrected chi connectivity index (χ4v) is 2.70. The molecule has 3 aliphatic rings. The third-order valence-corrected chi connectivity index (χ3v) is 4.07. The average Bonchev–Trinajstić information content (AvgIpc) is 2.32. The predicted molar refractivity (Wildman–Crippen MR) is 65.8 cm³/mol. The van der Waals surface area contributed by atoms with Gasteiger partial charge in [-0.1, -0.05) is 11.6 Å². The van der Waals surface area contributed by atoms with Gasteiger partial charge in [-0.2, -0.15) is 0 Å². The number of hydrogen-bond donors (Lipinski definition) is 1. The Morgan fingerprint density at radius 1 is 1.44 bits per heavy atom. The number of nitrogens with zero attached hydrogens (tertiary/aromatic N) is 3. The molecule has 1 aromatic rings. The second kappa shape index (κ2) is 3.50. The predicted octanol–water partition coefficient (Wildman–Crippen LogP) is 1.21. The summed E-state index contributed by atoms with van der Waals surface area (Å²) in [5.74, 6) is 0.949. The molecule has 2 bridgehead atoms. The summed E-state index contributed by atoms with van der Waals surface area (Å²) in [6.07, 6.45) is 2.95. The van der Waals surface area contributed by atoms with E-state index in [-0.39, 0.29) is 0 Å². The second-order valence-corrected chi connectivity index (χ2v) is 5.09. The van der Waals surface area contributed by atoms with Crippen LogP contribution in [0, 0.1) is 0 Å². The van der Waals surface area contributed by atoms with Crippen molar-refractivity contribution in [2.45, 2.75) is 18.5 Å². The van der Waals surface area contributed by atoms with Gasteiger partial charge in [-0.25, -0.2) is 4.98 Å². The van der Waals surface area contributed by atoms with Gasteiger partial charge in [0.2, 0.25) is 0 Å². The third kappa shape index (κ3) is 1.44. The summed E-state index contributed by atoms with van der Waals surface area (Å²) in [7, 11) is 2.19. The van der Waals surface area contributed by atoms with Gasteiger partial charge in [-0.15, -0.1) is 0 Å². The molecule has 4 rings (SSSR count). The van der Waals surface area contributed by atoms with Crippen molar-refractivity contribution in [3.63, 3.8) is 0 Å². The third-order valence-electron chi connectivity index (χ3n) is 3.75. The highest BCUT2D eigenvalue weighted by Gasteiger charge is 2.42. The number of anilines is 2. The lowest BCUT2D eigenvalue weighted by Crippen LogP contribution is -2.67. The van der Waals surface area contributed by atoms with E-state index >= 15 is 0 Å². The molecule has 0 aliphatic carbocycles. The van der Waals surface area contributed by atoms with Crippen molar-refractivity contribution in [1.82, 2.24) is 9.88 Å². The summed E-state index contributed by atoms with van der Waals surface area (Å²) >= 11 is 5.87. The SMILES string of the molecule is CN1C2CC1CN(c1cc(N)c(Cl)cn1)C2. The molecule has 2 unspecified atom stereocenters. The van der Waals surface area contributed by atoms with Crippen LogP contribution in [-0.2, 0) is 0 Å². The van der Waals surface area contributed by atoms with Crippen molar-refractivity contribution in [1.29, 1.82) is 0 Å². The molecule has 0 amide bonds. The first-order chi connectivity index (χ1) is 7.65. The molecule has 3 saturated heterocycles. The van der Waals surface area contributed by atoms with Crippen molar-refractivity contribution in [3.8, 4) is 0 Å². The standard InChI is InChI=1S/C11H15ClN4/c1-15-7-2-8(15)6-16(5-7)11-3-10(13)9(12)4-14-11/h3-4,7-8H,2,5-6H2,1H3,(H2,13,14). The Morgan fingerprint density at radius 2 is 2.12 bits per heavy atom. The first kappa shape index (κ1) is 10.2. The summed E-state index contributed by atoms with van der Waals surface area (Å²) in [5.41, 5.74) is 6.40. The van der Waals surface area contributed by atoms with Crippen molar-refractivity contribution < 1.29 is 0 Å². The number of halogens is 1. The van der Waals surface area contributed by atoms with Crippen LogP contribution in [0.25, 0.3) is 0 Å². The van der Waals surface area contributed by atoms with Crippen LogP contribution in [0.1, 0.15) is 6.42 Å². The molecule has 16 heavy (non-hydrogen) atoms. The lowest BCUT2D eigenvalue weighted by molar-refractivity contribution is 0.0261. The van der Waals surface area contributed by atoms with E-state index in [0.29, 0.717) is 22.8 Å². The fraction of sp³-hybridized carbons (Fsp3) is 0.545. The van der Waals surface area contributed by atoms with Gasteiger partial charge in [0.05, 0.1) is 10.7 Å². The molecular weight excluding hydrogens is 224 g/mol. The molecule has 86 valence electrons. The van der Waals surface area contributed by atoms with Crippen molar-refractivity contribution >= 4 is 23.1 Å². The van der Waals surface area contributed by atoms with Gasteiger partial charge in [-0.3, -0.25) is 4.90 Å². The maximum Gasteiger partial charge on any atom is 0.130 e. The van der Waals surface area contributed by atoms with Crippen LogP contribution < -0.4 is 10.6 Å². The molecule has 4 nitrogen and oxygen atoms in total. The second-order valence-electron chi connectivity index (χ2n) is 4.68. The van der Waals surface area contributed by atoms with Gasteiger partial charge < -0.3 is 10.6 Å². The van der Waals surface area contributed by atoms with Gasteiger partial charge in [0.25, 0.3) is 0 Å². The summed E-state index contributed by atoms with van der Waals surface area (Å²) in [4.78, 5) is 9.08. The minimum atomic E-state index is 0.531. The molecule has 0 radical (unpaired) electrons. The maximum absolute atomic E-state index is 5.87. The quantitative estimate of drug-likeness (QED) is 0.799. The number of fused-ring (bicyclic) bond motifs is 2. The van der Waals surface area contributed by atoms with Crippen LogP contribution in [0.2, 0.25) is 5.02 Å². The number of aromatic nitrogens is 1. The Hall–Kier alpha value is -1.00. The largest absolute Gasteiger partial charge is 0.397 e. The van der Waals surface area contributed by atoms with E-state index in [9.17, 15) is 0 Å². The Kier molecular flexibility index (Phi) is 2.23. The van der Waals surface area contributed by atoms with Crippen molar-refractivity contribution in [3.05, 3.63) is 17.3 Å². The van der Waals surface area contributed by atoms with Crippen molar-refractivity contribution in [2.75, 3.05) is 30.8 Å². The molecule has 4 heterocycles. The number of pyridine rings is 1. The normalized spacial score (nSPS) is 29.0. The summed E-state index contributed by atoms with van der Waals surface area (Å²) in [6, 6.07) is 3.22. The molecule has 2 atom stereocenters. The van der Waals surface area contributed by atoms with Crippen LogP contribution in [0.15, 0.2) is 12.3 Å². The van der Waals surface area contributed by atoms with Gasteiger partial charge in [0.15, 0.2) is 0 Å². The van der Waals surface area contributed by atoms with E-state index in [2.05, 4.69) is 21.8 Å². The minimum absolute atomic E-state index is 0.531. The molecule has 0 aromatic carbocycles. The van der Waals surface area contributed by atoms with Gasteiger partial charge in [0.1, 0.15) is 5.82 Å². The smallest absolute Gasteiger partial charge is 0.130 e. The monoisotopic (exact) mass is 238 g/mol. The Bertz CT molecular complexity index is 410. The zero-order valence-electron chi connectivity index (χ0n) is 9.23. The van der Waals surface area contributed by atoms with E-state index in [1.165, 1.54) is 6.42 Å². The van der Waals surface area contributed by atoms with Crippen LogP contribution in [0.5, 0.6) is 0 Å². The molecular formula is C11H15ClN4.